The molecule has 5 N–H and O–H groups in total. The van der Waals surface area contributed by atoms with Crippen molar-refractivity contribution in [2.24, 2.45) is 0 Å². The Morgan fingerprint density at radius 2 is 0.382 bits per heavy atom. The topological polar surface area (TPSA) is 175 Å². The molecule has 0 saturated heterocycles. The summed E-state index contributed by atoms with van der Waals surface area (Å²) in [4.78, 5) is 0. The Morgan fingerprint density at radius 1 is 0.209 bits per heavy atom. The lowest BCUT2D eigenvalue weighted by Gasteiger charge is -2.39. The van der Waals surface area contributed by atoms with E-state index in [1.165, 1.54) is 0 Å². The van der Waals surface area contributed by atoms with Crippen molar-refractivity contribution in [2.45, 2.75) is 169 Å². The number of hydrogen-bond donors (Lipinski definition) is 5. The molecule has 0 fully saturated rings. The lowest BCUT2D eigenvalue weighted by molar-refractivity contribution is 0.119. The smallest absolute Gasteiger partial charge is 0.141 e. The molecule has 582 valence electrons. The maximum Gasteiger partial charge on any atom is 0.141 e. The summed E-state index contributed by atoms with van der Waals surface area (Å²) in [6.45, 7) is 22.0. The number of para-hydroxylation sites is 4. The number of ether oxygens (including phenoxy) is 8. The number of aliphatic hydroxyl groups is 5. The number of benzene rings is 10. The Bertz CT molecular complexity index is 4090. The van der Waals surface area contributed by atoms with E-state index in [0.717, 1.165) is 241 Å². The van der Waals surface area contributed by atoms with Crippen molar-refractivity contribution in [3.05, 3.63) is 304 Å². The fourth-order valence-corrected chi connectivity index (χ4v) is 15.9. The van der Waals surface area contributed by atoms with Gasteiger partial charge in [0.05, 0.1) is 52.9 Å². The number of fused-ring (bicyclic) bond motifs is 12. The van der Waals surface area contributed by atoms with Gasteiger partial charge in [-0.15, -0.1) is 0 Å². The molecule has 10 aromatic rings. The second kappa shape index (κ2) is 40.4. The van der Waals surface area contributed by atoms with Crippen LogP contribution in [0.3, 0.4) is 0 Å². The highest BCUT2D eigenvalue weighted by molar-refractivity contribution is 5.70. The molecule has 0 aliphatic heterocycles. The minimum atomic E-state index is -1.41. The van der Waals surface area contributed by atoms with Crippen molar-refractivity contribution in [2.75, 3.05) is 74.2 Å². The van der Waals surface area contributed by atoms with Crippen LogP contribution in [0.1, 0.15) is 229 Å². The molecule has 13 heteroatoms. The van der Waals surface area contributed by atoms with Gasteiger partial charge in [-0.25, -0.2) is 0 Å². The highest BCUT2D eigenvalue weighted by Gasteiger charge is 2.46. The largest absolute Gasteiger partial charge is 0.493 e. The summed E-state index contributed by atoms with van der Waals surface area (Å²) in [6, 6.07) is 63.3. The molecule has 0 aromatic heterocycles. The molecule has 4 aliphatic rings. The van der Waals surface area contributed by atoms with Crippen LogP contribution in [0.15, 0.2) is 182 Å². The molecular weight excluding hydrogens is 1370 g/mol. The normalized spacial score (nSPS) is 13.3. The SMILES string of the molecule is CCCOc1c2cccc1Cc1ccc3c(c1OCCC)Cc1c(ccc(c1OCCC)Cc1cccc(c1OCCC)C2)C3(O)c1ccccc1.CCCOc1c2cccc1Cc1ccc3c(c1OCCC)Cc1c(ccc(c1OCCC)Cc1cccc(c1OCCC)C2)C3(O)c1ccccc1.CO.CO.CO. The Hall–Kier alpha value is -9.60. The Labute approximate surface area is 653 Å². The molecule has 4 aliphatic carbocycles. The lowest BCUT2D eigenvalue weighted by atomic mass is 9.69. The molecule has 110 heavy (non-hydrogen) atoms. The van der Waals surface area contributed by atoms with Gasteiger partial charge in [-0.3, -0.25) is 0 Å². The maximum atomic E-state index is 13.3. The van der Waals surface area contributed by atoms with Crippen molar-refractivity contribution in [3.8, 4) is 46.0 Å². The summed E-state index contributed by atoms with van der Waals surface area (Å²) in [6.07, 6.45) is 12.2. The predicted molar refractivity (Wildman–Crippen MR) is 442 cm³/mol. The molecule has 0 amide bonds. The quantitative estimate of drug-likeness (QED) is 0.0347. The monoisotopic (exact) mass is 1490 g/mol. The van der Waals surface area contributed by atoms with Crippen molar-refractivity contribution in [1.82, 2.24) is 0 Å². The van der Waals surface area contributed by atoms with E-state index in [4.69, 9.17) is 53.2 Å². The van der Waals surface area contributed by atoms with Gasteiger partial charge in [-0.05, 0) is 152 Å². The van der Waals surface area contributed by atoms with Gasteiger partial charge in [0.25, 0.3) is 0 Å². The van der Waals surface area contributed by atoms with Crippen LogP contribution in [0.5, 0.6) is 46.0 Å². The van der Waals surface area contributed by atoms with Gasteiger partial charge in [0, 0.05) is 94.9 Å². The summed E-state index contributed by atoms with van der Waals surface area (Å²) in [5, 5.41) is 47.6. The zero-order valence-corrected chi connectivity index (χ0v) is 66.8. The number of hydrogen-bond acceptors (Lipinski definition) is 13. The fourth-order valence-electron chi connectivity index (χ4n) is 15.9. The zero-order chi connectivity index (χ0) is 78.2. The first-order valence-electron chi connectivity index (χ1n) is 40.0. The zero-order valence-electron chi connectivity index (χ0n) is 66.8. The molecule has 14 rings (SSSR count). The van der Waals surface area contributed by atoms with Crippen molar-refractivity contribution < 1.29 is 63.4 Å². The molecular formula is C97H116O13. The Kier molecular flexibility index (Phi) is 30.4. The third-order valence-corrected chi connectivity index (χ3v) is 20.6. The highest BCUT2D eigenvalue weighted by Crippen LogP contribution is 2.54. The van der Waals surface area contributed by atoms with Crippen molar-refractivity contribution >= 4 is 0 Å². The first kappa shape index (κ1) is 82.9. The molecule has 16 bridgehead atoms. The van der Waals surface area contributed by atoms with Crippen LogP contribution >= 0.6 is 0 Å². The number of aliphatic hydroxyl groups excluding tert-OH is 3. The van der Waals surface area contributed by atoms with Crippen LogP contribution < -0.4 is 37.9 Å². The second-order valence-corrected chi connectivity index (χ2v) is 28.3. The maximum absolute atomic E-state index is 13.3. The highest BCUT2D eigenvalue weighted by atomic mass is 16.5. The van der Waals surface area contributed by atoms with Crippen LogP contribution in [0, 0.1) is 0 Å². The van der Waals surface area contributed by atoms with Gasteiger partial charge >= 0.3 is 0 Å². The van der Waals surface area contributed by atoms with Gasteiger partial charge in [-0.2, -0.15) is 0 Å². The summed E-state index contributed by atoms with van der Waals surface area (Å²) < 4.78 is 53.6. The van der Waals surface area contributed by atoms with E-state index in [-0.39, 0.29) is 0 Å². The number of rotatable bonds is 26. The molecule has 0 spiro atoms. The Morgan fingerprint density at radius 3 is 0.564 bits per heavy atom. The van der Waals surface area contributed by atoms with E-state index >= 15 is 0 Å². The molecule has 0 heterocycles. The van der Waals surface area contributed by atoms with Crippen LogP contribution in [0.2, 0.25) is 0 Å². The average Bonchev–Trinajstić information content (AvgIpc) is 0.716. The summed E-state index contributed by atoms with van der Waals surface area (Å²) >= 11 is 0. The standard InChI is InChI=1S/2C47H52O5.3CH4O/c2*1-5-24-49-43-32-14-12-16-34(43)29-36-20-22-41-39(45(36)51-26-7-3)31-40-42(47(41,48)38-18-10-9-11-19-38)23-21-37(46(40)52-27-8-4)30-35-17-13-15-33(28-32)44(35)50-25-6-2;3*1-2/h2*9-23,48H,5-8,24-31H2,1-4H3;3*2H,1H3. The summed E-state index contributed by atoms with van der Waals surface area (Å²) in [5.74, 6) is 7.15. The van der Waals surface area contributed by atoms with Crippen LogP contribution in [0.4, 0.5) is 0 Å². The predicted octanol–water partition coefficient (Wildman–Crippen LogP) is 19.1. The molecule has 0 radical (unpaired) electrons. The molecule has 0 atom stereocenters. The lowest BCUT2D eigenvalue weighted by Crippen LogP contribution is -2.35. The third kappa shape index (κ3) is 17.6. The molecule has 0 unspecified atom stereocenters. The summed E-state index contributed by atoms with van der Waals surface area (Å²) in [7, 11) is 3.00. The van der Waals surface area contributed by atoms with Gasteiger partial charge in [0.2, 0.25) is 0 Å². The van der Waals surface area contributed by atoms with Crippen molar-refractivity contribution in [1.29, 1.82) is 0 Å². The van der Waals surface area contributed by atoms with E-state index in [1.54, 1.807) is 0 Å². The van der Waals surface area contributed by atoms with E-state index in [9.17, 15) is 10.2 Å². The van der Waals surface area contributed by atoms with Crippen LogP contribution in [0.25, 0.3) is 0 Å². The minimum Gasteiger partial charge on any atom is -0.493 e. The van der Waals surface area contributed by atoms with Crippen LogP contribution in [-0.2, 0) is 62.6 Å². The van der Waals surface area contributed by atoms with Crippen LogP contribution in [-0.4, -0.2) is 99.7 Å². The summed E-state index contributed by atoms with van der Waals surface area (Å²) in [5.41, 5.74) is 19.7. The molecule has 13 nitrogen and oxygen atoms in total. The van der Waals surface area contributed by atoms with E-state index < -0.39 is 11.2 Å². The molecule has 0 saturated carbocycles. The van der Waals surface area contributed by atoms with Gasteiger partial charge in [0.1, 0.15) is 57.2 Å². The van der Waals surface area contributed by atoms with E-state index in [0.29, 0.717) is 104 Å². The first-order chi connectivity index (χ1) is 54.0. The van der Waals surface area contributed by atoms with Gasteiger partial charge in [0.15, 0.2) is 0 Å². The molecule has 10 aromatic carbocycles. The van der Waals surface area contributed by atoms with Gasteiger partial charge in [-0.1, -0.05) is 237 Å². The Balaban J connectivity index is 0.000000219. The third-order valence-electron chi connectivity index (χ3n) is 20.6. The van der Waals surface area contributed by atoms with Crippen molar-refractivity contribution in [3.63, 3.8) is 0 Å². The fraction of sp³-hybridized carbons (Fsp3) is 0.381. The van der Waals surface area contributed by atoms with E-state index in [1.807, 2.05) is 60.7 Å². The minimum absolute atomic E-state index is 0.577. The van der Waals surface area contributed by atoms with Gasteiger partial charge < -0.3 is 63.4 Å². The second-order valence-electron chi connectivity index (χ2n) is 28.3. The van der Waals surface area contributed by atoms with E-state index in [2.05, 4.69) is 177 Å². The average molecular weight is 1490 g/mol. The first-order valence-corrected chi connectivity index (χ1v) is 40.0.